The molecule has 1 heterocycles. The number of halogens is 1. The molecule has 2 N–H and O–H groups in total. The van der Waals surface area contributed by atoms with Gasteiger partial charge in [-0.15, -0.1) is 0 Å². The van der Waals surface area contributed by atoms with Crippen LogP contribution in [-0.4, -0.2) is 36.5 Å². The summed E-state index contributed by atoms with van der Waals surface area (Å²) < 4.78 is 5.01. The smallest absolute Gasteiger partial charge is 0.338 e. The second kappa shape index (κ2) is 6.61. The molecular formula is C14H17ClN2O3. The first-order chi connectivity index (χ1) is 9.56. The Morgan fingerprint density at radius 3 is 2.55 bits per heavy atom. The zero-order valence-corrected chi connectivity index (χ0v) is 11.9. The lowest BCUT2D eigenvalue weighted by Gasteiger charge is -2.26. The number of amides is 1. The van der Waals surface area contributed by atoms with Gasteiger partial charge >= 0.3 is 5.97 Å². The van der Waals surface area contributed by atoms with E-state index in [2.05, 4.69) is 0 Å². The fourth-order valence-corrected chi connectivity index (χ4v) is 2.42. The maximum absolute atomic E-state index is 11.9. The monoisotopic (exact) mass is 296 g/mol. The second-order valence-electron chi connectivity index (χ2n) is 4.79. The van der Waals surface area contributed by atoms with Gasteiger partial charge in [-0.3, -0.25) is 4.79 Å². The topological polar surface area (TPSA) is 72.6 Å². The van der Waals surface area contributed by atoms with Crippen molar-refractivity contribution in [2.75, 3.05) is 25.4 Å². The number of benzene rings is 1. The van der Waals surface area contributed by atoms with Crippen molar-refractivity contribution in [2.45, 2.75) is 19.3 Å². The Bertz CT molecular complexity index is 493. The zero-order valence-electron chi connectivity index (χ0n) is 11.1. The summed E-state index contributed by atoms with van der Waals surface area (Å²) in [6.45, 7) is 1.23. The standard InChI is InChI=1S/C14H17ClN2O3/c15-11-6-10(7-12(16)8-11)14(19)20-9-13(18)17-4-2-1-3-5-17/h6-8H,1-5,9,16H2. The number of piperidine rings is 1. The van der Waals surface area contributed by atoms with Crippen molar-refractivity contribution in [3.05, 3.63) is 28.8 Å². The molecule has 0 saturated carbocycles. The summed E-state index contributed by atoms with van der Waals surface area (Å²) in [6, 6.07) is 4.47. The van der Waals surface area contributed by atoms with Gasteiger partial charge < -0.3 is 15.4 Å². The van der Waals surface area contributed by atoms with E-state index in [0.29, 0.717) is 10.7 Å². The predicted molar refractivity (Wildman–Crippen MR) is 76.6 cm³/mol. The summed E-state index contributed by atoms with van der Waals surface area (Å²) in [7, 11) is 0. The summed E-state index contributed by atoms with van der Waals surface area (Å²) >= 11 is 5.82. The Labute approximate surface area is 122 Å². The molecule has 0 aliphatic carbocycles. The molecule has 1 aliphatic rings. The van der Waals surface area contributed by atoms with Crippen molar-refractivity contribution in [3.63, 3.8) is 0 Å². The molecule has 5 nitrogen and oxygen atoms in total. The third-order valence-electron chi connectivity index (χ3n) is 3.19. The number of hydrogen-bond acceptors (Lipinski definition) is 4. The molecular weight excluding hydrogens is 280 g/mol. The number of hydrogen-bond donors (Lipinski definition) is 1. The fourth-order valence-electron chi connectivity index (χ4n) is 2.18. The van der Waals surface area contributed by atoms with Crippen molar-refractivity contribution in [2.24, 2.45) is 0 Å². The minimum Gasteiger partial charge on any atom is -0.452 e. The second-order valence-corrected chi connectivity index (χ2v) is 5.23. The number of ether oxygens (including phenoxy) is 1. The molecule has 0 atom stereocenters. The highest BCUT2D eigenvalue weighted by Crippen LogP contribution is 2.17. The average Bonchev–Trinajstić information content (AvgIpc) is 2.44. The Morgan fingerprint density at radius 2 is 1.90 bits per heavy atom. The molecule has 0 unspecified atom stereocenters. The molecule has 1 amide bonds. The van der Waals surface area contributed by atoms with Gasteiger partial charge in [-0.1, -0.05) is 11.6 Å². The van der Waals surface area contributed by atoms with Crippen molar-refractivity contribution in [1.29, 1.82) is 0 Å². The number of anilines is 1. The summed E-state index contributed by atoms with van der Waals surface area (Å²) in [5.74, 6) is -0.752. The maximum Gasteiger partial charge on any atom is 0.338 e. The first-order valence-electron chi connectivity index (χ1n) is 6.57. The van der Waals surface area contributed by atoms with Crippen LogP contribution in [0.3, 0.4) is 0 Å². The SMILES string of the molecule is Nc1cc(Cl)cc(C(=O)OCC(=O)N2CCCCC2)c1. The van der Waals surface area contributed by atoms with Crippen LogP contribution in [0.25, 0.3) is 0 Å². The molecule has 1 fully saturated rings. The molecule has 6 heteroatoms. The fraction of sp³-hybridized carbons (Fsp3) is 0.429. The van der Waals surface area contributed by atoms with Gasteiger partial charge in [0, 0.05) is 23.8 Å². The highest BCUT2D eigenvalue weighted by molar-refractivity contribution is 6.31. The quantitative estimate of drug-likeness (QED) is 0.685. The van der Waals surface area contributed by atoms with Crippen LogP contribution in [0.1, 0.15) is 29.6 Å². The van der Waals surface area contributed by atoms with Crippen molar-refractivity contribution in [1.82, 2.24) is 4.90 Å². The number of nitrogens with zero attached hydrogens (tertiary/aromatic N) is 1. The van der Waals surface area contributed by atoms with Crippen molar-refractivity contribution >= 4 is 29.2 Å². The number of nitrogen functional groups attached to an aromatic ring is 1. The molecule has 2 rings (SSSR count). The van der Waals surface area contributed by atoms with E-state index in [-0.39, 0.29) is 18.1 Å². The van der Waals surface area contributed by atoms with E-state index in [4.69, 9.17) is 22.1 Å². The predicted octanol–water partition coefficient (Wildman–Crippen LogP) is 2.09. The number of likely N-dealkylation sites (tertiary alicyclic amines) is 1. The van der Waals surface area contributed by atoms with Crippen LogP contribution in [0.15, 0.2) is 18.2 Å². The van der Waals surface area contributed by atoms with Gasteiger partial charge in [0.2, 0.25) is 0 Å². The van der Waals surface area contributed by atoms with Gasteiger partial charge in [-0.25, -0.2) is 4.79 Å². The van der Waals surface area contributed by atoms with E-state index in [9.17, 15) is 9.59 Å². The Kier molecular flexibility index (Phi) is 4.84. The Balaban J connectivity index is 1.89. The number of carbonyl (C=O) groups is 2. The molecule has 1 saturated heterocycles. The molecule has 0 spiro atoms. The van der Waals surface area contributed by atoms with Crippen LogP contribution in [0.4, 0.5) is 5.69 Å². The van der Waals surface area contributed by atoms with Crippen LogP contribution < -0.4 is 5.73 Å². The largest absolute Gasteiger partial charge is 0.452 e. The minimum atomic E-state index is -0.593. The summed E-state index contributed by atoms with van der Waals surface area (Å²) in [5, 5.41) is 0.360. The van der Waals surface area contributed by atoms with E-state index in [0.717, 1.165) is 32.4 Å². The van der Waals surface area contributed by atoms with Gasteiger partial charge in [-0.05, 0) is 37.5 Å². The van der Waals surface area contributed by atoms with Gasteiger partial charge in [0.25, 0.3) is 5.91 Å². The Morgan fingerprint density at radius 1 is 1.20 bits per heavy atom. The van der Waals surface area contributed by atoms with Crippen molar-refractivity contribution in [3.8, 4) is 0 Å². The van der Waals surface area contributed by atoms with E-state index in [1.807, 2.05) is 0 Å². The van der Waals surface area contributed by atoms with Crippen LogP contribution >= 0.6 is 11.6 Å². The normalized spacial score (nSPS) is 14.9. The van der Waals surface area contributed by atoms with Crippen LogP contribution in [0.5, 0.6) is 0 Å². The summed E-state index contributed by atoms with van der Waals surface area (Å²) in [4.78, 5) is 25.4. The lowest BCUT2D eigenvalue weighted by molar-refractivity contribution is -0.135. The van der Waals surface area contributed by atoms with E-state index in [1.165, 1.54) is 18.2 Å². The number of esters is 1. The third kappa shape index (κ3) is 3.87. The van der Waals surface area contributed by atoms with Gasteiger partial charge in [0.05, 0.1) is 5.56 Å². The van der Waals surface area contributed by atoms with Crippen molar-refractivity contribution < 1.29 is 14.3 Å². The molecule has 0 bridgehead atoms. The Hall–Kier alpha value is -1.75. The van der Waals surface area contributed by atoms with Crippen LogP contribution in [-0.2, 0) is 9.53 Å². The first-order valence-corrected chi connectivity index (χ1v) is 6.95. The van der Waals surface area contributed by atoms with Crippen LogP contribution in [0.2, 0.25) is 5.02 Å². The molecule has 1 aromatic carbocycles. The number of carbonyl (C=O) groups excluding carboxylic acids is 2. The average molecular weight is 297 g/mol. The minimum absolute atomic E-state index is 0.159. The van der Waals surface area contributed by atoms with Gasteiger partial charge in [0.1, 0.15) is 0 Å². The summed E-state index contributed by atoms with van der Waals surface area (Å²) in [6.07, 6.45) is 3.15. The lowest BCUT2D eigenvalue weighted by atomic mass is 10.1. The third-order valence-corrected chi connectivity index (χ3v) is 3.41. The van der Waals surface area contributed by atoms with Crippen LogP contribution in [0, 0.1) is 0 Å². The molecule has 0 radical (unpaired) electrons. The highest BCUT2D eigenvalue weighted by Gasteiger charge is 2.18. The maximum atomic E-state index is 11.9. The zero-order chi connectivity index (χ0) is 14.5. The molecule has 20 heavy (non-hydrogen) atoms. The van der Waals surface area contributed by atoms with E-state index >= 15 is 0 Å². The van der Waals surface area contributed by atoms with Gasteiger partial charge in [0.15, 0.2) is 6.61 Å². The lowest BCUT2D eigenvalue weighted by Crippen LogP contribution is -2.38. The highest BCUT2D eigenvalue weighted by atomic mass is 35.5. The molecule has 108 valence electrons. The number of nitrogens with two attached hydrogens (primary N) is 1. The molecule has 1 aromatic rings. The first kappa shape index (κ1) is 14.7. The summed E-state index contributed by atoms with van der Waals surface area (Å²) in [5.41, 5.74) is 6.24. The number of rotatable bonds is 3. The molecule has 0 aromatic heterocycles. The van der Waals surface area contributed by atoms with E-state index < -0.39 is 5.97 Å². The van der Waals surface area contributed by atoms with E-state index in [1.54, 1.807) is 4.90 Å². The molecule has 1 aliphatic heterocycles. The van der Waals surface area contributed by atoms with Gasteiger partial charge in [-0.2, -0.15) is 0 Å².